The highest BCUT2D eigenvalue weighted by Gasteiger charge is 2.29. The largest absolute Gasteiger partial charge is 0.469 e. The Balaban J connectivity index is 1.75. The molecule has 1 saturated heterocycles. The molecule has 1 aliphatic heterocycles. The van der Waals surface area contributed by atoms with Gasteiger partial charge in [0.2, 0.25) is 0 Å². The van der Waals surface area contributed by atoms with Crippen molar-refractivity contribution in [1.82, 2.24) is 10.6 Å². The summed E-state index contributed by atoms with van der Waals surface area (Å²) in [5.74, 6) is 0.989. The van der Waals surface area contributed by atoms with Gasteiger partial charge < -0.3 is 15.1 Å². The monoisotopic (exact) mass is 286 g/mol. The number of sulfone groups is 1. The number of carbonyl (C=O) groups excluding carboxylic acids is 1. The smallest absolute Gasteiger partial charge is 0.315 e. The van der Waals surface area contributed by atoms with Crippen LogP contribution in [0.2, 0.25) is 0 Å². The molecule has 2 unspecified atom stereocenters. The lowest BCUT2D eigenvalue weighted by atomic mass is 10.2. The molecule has 7 heteroatoms. The van der Waals surface area contributed by atoms with Gasteiger partial charge in [0, 0.05) is 18.5 Å². The number of rotatable bonds is 4. The first-order valence-corrected chi connectivity index (χ1v) is 8.06. The van der Waals surface area contributed by atoms with E-state index in [0.29, 0.717) is 12.8 Å². The van der Waals surface area contributed by atoms with E-state index in [0.717, 1.165) is 5.76 Å². The van der Waals surface area contributed by atoms with Gasteiger partial charge >= 0.3 is 6.03 Å². The molecule has 2 N–H and O–H groups in total. The molecule has 0 aromatic carbocycles. The van der Waals surface area contributed by atoms with Crippen LogP contribution in [-0.2, 0) is 16.3 Å². The lowest BCUT2D eigenvalue weighted by molar-refractivity contribution is 0.234. The molecule has 106 valence electrons. The van der Waals surface area contributed by atoms with E-state index in [4.69, 9.17) is 4.42 Å². The molecule has 1 aromatic rings. The Morgan fingerprint density at radius 3 is 2.95 bits per heavy atom. The van der Waals surface area contributed by atoms with Crippen LogP contribution in [0, 0.1) is 0 Å². The summed E-state index contributed by atoms with van der Waals surface area (Å²) in [7, 11) is -2.97. The molecule has 0 radical (unpaired) electrons. The number of carbonyl (C=O) groups is 1. The van der Waals surface area contributed by atoms with Gasteiger partial charge in [-0.1, -0.05) is 0 Å². The molecule has 1 aliphatic rings. The first-order valence-electron chi connectivity index (χ1n) is 6.24. The Kier molecular flexibility index (Phi) is 4.14. The summed E-state index contributed by atoms with van der Waals surface area (Å²) in [5, 5.41) is 5.45. The normalized spacial score (nSPS) is 22.9. The molecular formula is C12H18N2O4S. The van der Waals surface area contributed by atoms with Crippen LogP contribution < -0.4 is 10.6 Å². The number of hydrogen-bond acceptors (Lipinski definition) is 4. The molecule has 2 amide bonds. The van der Waals surface area contributed by atoms with Crippen LogP contribution in [0.3, 0.4) is 0 Å². The van der Waals surface area contributed by atoms with Gasteiger partial charge in [-0.2, -0.15) is 0 Å². The zero-order valence-electron chi connectivity index (χ0n) is 10.8. The van der Waals surface area contributed by atoms with Gasteiger partial charge in [0.25, 0.3) is 0 Å². The van der Waals surface area contributed by atoms with E-state index in [-0.39, 0.29) is 29.6 Å². The summed E-state index contributed by atoms with van der Waals surface area (Å²) in [5.41, 5.74) is 0. The van der Waals surface area contributed by atoms with E-state index in [1.54, 1.807) is 12.3 Å². The van der Waals surface area contributed by atoms with Crippen LogP contribution in [0.4, 0.5) is 4.79 Å². The van der Waals surface area contributed by atoms with Crippen molar-refractivity contribution in [2.45, 2.75) is 31.8 Å². The minimum absolute atomic E-state index is 0.0347. The summed E-state index contributed by atoms with van der Waals surface area (Å²) in [6.45, 7) is 1.87. The average Bonchev–Trinajstić information content (AvgIpc) is 2.88. The molecule has 1 aromatic heterocycles. The van der Waals surface area contributed by atoms with Crippen molar-refractivity contribution in [2.75, 3.05) is 11.5 Å². The molecule has 0 bridgehead atoms. The van der Waals surface area contributed by atoms with E-state index in [1.165, 1.54) is 0 Å². The van der Waals surface area contributed by atoms with Crippen LogP contribution in [0.15, 0.2) is 22.8 Å². The molecule has 6 nitrogen and oxygen atoms in total. The summed E-state index contributed by atoms with van der Waals surface area (Å²) >= 11 is 0. The molecular weight excluding hydrogens is 268 g/mol. The minimum Gasteiger partial charge on any atom is -0.469 e. The number of furan rings is 1. The number of urea groups is 1. The molecule has 1 fully saturated rings. The molecule has 0 aliphatic carbocycles. The lowest BCUT2D eigenvalue weighted by Gasteiger charge is -2.16. The van der Waals surface area contributed by atoms with Gasteiger partial charge in [-0.15, -0.1) is 0 Å². The third-order valence-electron chi connectivity index (χ3n) is 3.03. The molecule has 2 heterocycles. The van der Waals surface area contributed by atoms with Crippen molar-refractivity contribution in [3.8, 4) is 0 Å². The molecule has 2 rings (SSSR count). The Bertz CT molecular complexity index is 524. The number of hydrogen-bond donors (Lipinski definition) is 2. The highest BCUT2D eigenvalue weighted by atomic mass is 32.2. The van der Waals surface area contributed by atoms with Crippen LogP contribution >= 0.6 is 0 Å². The van der Waals surface area contributed by atoms with Crippen molar-refractivity contribution in [2.24, 2.45) is 0 Å². The van der Waals surface area contributed by atoms with Gasteiger partial charge in [0.1, 0.15) is 5.76 Å². The number of amides is 2. The molecule has 19 heavy (non-hydrogen) atoms. The average molecular weight is 286 g/mol. The highest BCUT2D eigenvalue weighted by molar-refractivity contribution is 7.91. The molecule has 0 saturated carbocycles. The second-order valence-electron chi connectivity index (χ2n) is 4.90. The van der Waals surface area contributed by atoms with Gasteiger partial charge in [0.15, 0.2) is 9.84 Å². The molecule has 0 spiro atoms. The third kappa shape index (κ3) is 4.27. The maximum Gasteiger partial charge on any atom is 0.315 e. The second-order valence-corrected chi connectivity index (χ2v) is 7.13. The summed E-state index contributed by atoms with van der Waals surface area (Å²) in [6, 6.07) is 2.96. The lowest BCUT2D eigenvalue weighted by Crippen LogP contribution is -2.46. The standard InChI is InChI=1S/C12H18N2O4S/c1-9(7-11-3-2-5-18-11)13-12(15)14-10-4-6-19(16,17)8-10/h2-3,5,9-10H,4,6-8H2,1H3,(H2,13,14,15). The fraction of sp³-hybridized carbons (Fsp3) is 0.583. The van der Waals surface area contributed by atoms with Gasteiger partial charge in [-0.25, -0.2) is 13.2 Å². The van der Waals surface area contributed by atoms with Crippen LogP contribution in [0.1, 0.15) is 19.1 Å². The fourth-order valence-electron chi connectivity index (χ4n) is 2.14. The predicted octanol–water partition coefficient (Wildman–Crippen LogP) is 0.697. The van der Waals surface area contributed by atoms with Crippen molar-refractivity contribution >= 4 is 15.9 Å². The first kappa shape index (κ1) is 13.9. The quantitative estimate of drug-likeness (QED) is 0.852. The third-order valence-corrected chi connectivity index (χ3v) is 4.80. The summed E-state index contributed by atoms with van der Waals surface area (Å²) in [4.78, 5) is 11.7. The van der Waals surface area contributed by atoms with E-state index >= 15 is 0 Å². The minimum atomic E-state index is -2.97. The topological polar surface area (TPSA) is 88.4 Å². The Hall–Kier alpha value is -1.50. The van der Waals surface area contributed by atoms with E-state index in [9.17, 15) is 13.2 Å². The molecule has 2 atom stereocenters. The second kappa shape index (κ2) is 5.64. The van der Waals surface area contributed by atoms with E-state index in [2.05, 4.69) is 10.6 Å². The summed E-state index contributed by atoms with van der Waals surface area (Å²) in [6.07, 6.45) is 2.68. The Labute approximate surface area is 112 Å². The van der Waals surface area contributed by atoms with Crippen molar-refractivity contribution < 1.29 is 17.6 Å². The van der Waals surface area contributed by atoms with Crippen molar-refractivity contribution in [3.05, 3.63) is 24.2 Å². The highest BCUT2D eigenvalue weighted by Crippen LogP contribution is 2.11. The summed E-state index contributed by atoms with van der Waals surface area (Å²) < 4.78 is 27.7. The van der Waals surface area contributed by atoms with Crippen LogP contribution in [0.5, 0.6) is 0 Å². The van der Waals surface area contributed by atoms with Crippen molar-refractivity contribution in [1.29, 1.82) is 0 Å². The Morgan fingerprint density at radius 1 is 1.58 bits per heavy atom. The van der Waals surface area contributed by atoms with Gasteiger partial charge in [-0.05, 0) is 25.5 Å². The predicted molar refractivity (Wildman–Crippen MR) is 70.6 cm³/mol. The maximum absolute atomic E-state index is 11.7. The van der Waals surface area contributed by atoms with E-state index in [1.807, 2.05) is 13.0 Å². The van der Waals surface area contributed by atoms with Gasteiger partial charge in [0.05, 0.1) is 17.8 Å². The SMILES string of the molecule is CC(Cc1ccco1)NC(=O)NC1CCS(=O)(=O)C1. The Morgan fingerprint density at radius 2 is 2.37 bits per heavy atom. The van der Waals surface area contributed by atoms with E-state index < -0.39 is 9.84 Å². The van der Waals surface area contributed by atoms with Gasteiger partial charge in [-0.3, -0.25) is 0 Å². The number of nitrogens with one attached hydrogen (secondary N) is 2. The maximum atomic E-state index is 11.7. The zero-order chi connectivity index (χ0) is 13.9. The zero-order valence-corrected chi connectivity index (χ0v) is 11.6. The first-order chi connectivity index (χ1) is 8.94. The van der Waals surface area contributed by atoms with Crippen molar-refractivity contribution in [3.63, 3.8) is 0 Å². The van der Waals surface area contributed by atoms with Crippen LogP contribution in [-0.4, -0.2) is 38.0 Å². The fourth-order valence-corrected chi connectivity index (χ4v) is 3.81. The van der Waals surface area contributed by atoms with Crippen LogP contribution in [0.25, 0.3) is 0 Å².